The lowest BCUT2D eigenvalue weighted by Crippen LogP contribution is -2.31. The quantitative estimate of drug-likeness (QED) is 0.890. The van der Waals surface area contributed by atoms with Crippen molar-refractivity contribution in [3.8, 4) is 5.75 Å². The van der Waals surface area contributed by atoms with Crippen LogP contribution in [0.1, 0.15) is 28.4 Å². The summed E-state index contributed by atoms with van der Waals surface area (Å²) in [6.45, 7) is 5.58. The van der Waals surface area contributed by atoms with Crippen LogP contribution in [0.15, 0.2) is 42.5 Å². The average Bonchev–Trinajstić information content (AvgIpc) is 2.52. The molecule has 0 saturated heterocycles. The largest absolute Gasteiger partial charge is 0.481 e. The SMILES string of the molecule is Cc1cccc(O[C@H](C)C(=O)Nc2ccccc2C(N)=O)c1C. The molecule has 0 spiro atoms. The molecule has 0 aliphatic rings. The van der Waals surface area contributed by atoms with Gasteiger partial charge in [-0.25, -0.2) is 0 Å². The van der Waals surface area contributed by atoms with Gasteiger partial charge in [-0.3, -0.25) is 9.59 Å². The summed E-state index contributed by atoms with van der Waals surface area (Å²) in [7, 11) is 0. The number of hydrogen-bond acceptors (Lipinski definition) is 3. The van der Waals surface area contributed by atoms with Crippen LogP contribution < -0.4 is 15.8 Å². The number of rotatable bonds is 5. The van der Waals surface area contributed by atoms with Crippen molar-refractivity contribution in [3.05, 3.63) is 59.2 Å². The Balaban J connectivity index is 2.12. The smallest absolute Gasteiger partial charge is 0.265 e. The molecule has 2 aromatic carbocycles. The van der Waals surface area contributed by atoms with E-state index in [1.807, 2.05) is 32.0 Å². The van der Waals surface area contributed by atoms with E-state index in [1.54, 1.807) is 31.2 Å². The lowest BCUT2D eigenvalue weighted by Gasteiger charge is -2.17. The van der Waals surface area contributed by atoms with Gasteiger partial charge in [0.1, 0.15) is 5.75 Å². The number of nitrogens with one attached hydrogen (secondary N) is 1. The zero-order valence-electron chi connectivity index (χ0n) is 13.4. The molecule has 23 heavy (non-hydrogen) atoms. The molecule has 5 heteroatoms. The van der Waals surface area contributed by atoms with Crippen LogP contribution in [-0.2, 0) is 4.79 Å². The molecule has 120 valence electrons. The molecule has 0 heterocycles. The Labute approximate surface area is 135 Å². The highest BCUT2D eigenvalue weighted by Crippen LogP contribution is 2.22. The van der Waals surface area contributed by atoms with Crippen molar-refractivity contribution in [2.75, 3.05) is 5.32 Å². The molecule has 2 rings (SSSR count). The van der Waals surface area contributed by atoms with Crippen molar-refractivity contribution in [2.24, 2.45) is 5.73 Å². The van der Waals surface area contributed by atoms with Gasteiger partial charge in [0.15, 0.2) is 6.10 Å². The van der Waals surface area contributed by atoms with E-state index in [1.165, 1.54) is 0 Å². The highest BCUT2D eigenvalue weighted by atomic mass is 16.5. The van der Waals surface area contributed by atoms with E-state index in [0.717, 1.165) is 11.1 Å². The van der Waals surface area contributed by atoms with E-state index in [4.69, 9.17) is 10.5 Å². The molecule has 0 aromatic heterocycles. The Hall–Kier alpha value is -2.82. The molecule has 2 aromatic rings. The second kappa shape index (κ2) is 6.96. The Morgan fingerprint density at radius 2 is 1.78 bits per heavy atom. The summed E-state index contributed by atoms with van der Waals surface area (Å²) in [5.41, 5.74) is 8.03. The summed E-state index contributed by atoms with van der Waals surface area (Å²) in [4.78, 5) is 23.7. The summed E-state index contributed by atoms with van der Waals surface area (Å²) in [5.74, 6) is -0.278. The first-order chi connectivity index (χ1) is 10.9. The number of nitrogens with two attached hydrogens (primary N) is 1. The summed E-state index contributed by atoms with van der Waals surface area (Å²) in [6.07, 6.45) is -0.712. The van der Waals surface area contributed by atoms with Crippen molar-refractivity contribution >= 4 is 17.5 Å². The molecule has 0 radical (unpaired) electrons. The van der Waals surface area contributed by atoms with Crippen molar-refractivity contribution in [1.29, 1.82) is 0 Å². The first-order valence-electron chi connectivity index (χ1n) is 7.32. The Bertz CT molecular complexity index is 741. The topological polar surface area (TPSA) is 81.4 Å². The van der Waals surface area contributed by atoms with Crippen LogP contribution in [0, 0.1) is 13.8 Å². The number of carbonyl (C=O) groups is 2. The van der Waals surface area contributed by atoms with Crippen LogP contribution in [-0.4, -0.2) is 17.9 Å². The van der Waals surface area contributed by atoms with Crippen LogP contribution >= 0.6 is 0 Å². The van der Waals surface area contributed by atoms with Crippen LogP contribution in [0.3, 0.4) is 0 Å². The minimum atomic E-state index is -0.712. The predicted octanol–water partition coefficient (Wildman–Crippen LogP) is 2.81. The molecular weight excluding hydrogens is 292 g/mol. The second-order valence-electron chi connectivity index (χ2n) is 5.36. The number of aryl methyl sites for hydroxylation is 1. The van der Waals surface area contributed by atoms with Crippen molar-refractivity contribution < 1.29 is 14.3 Å². The Kier molecular flexibility index (Phi) is 5.01. The van der Waals surface area contributed by atoms with Crippen LogP contribution in [0.25, 0.3) is 0 Å². The van der Waals surface area contributed by atoms with Gasteiger partial charge in [-0.1, -0.05) is 24.3 Å². The number of benzene rings is 2. The Morgan fingerprint density at radius 3 is 2.48 bits per heavy atom. The molecule has 0 fully saturated rings. The molecule has 0 saturated carbocycles. The number of anilines is 1. The molecule has 0 bridgehead atoms. The fourth-order valence-electron chi connectivity index (χ4n) is 2.14. The monoisotopic (exact) mass is 312 g/mol. The molecule has 0 aliphatic heterocycles. The van der Waals surface area contributed by atoms with E-state index in [2.05, 4.69) is 5.32 Å². The van der Waals surface area contributed by atoms with Gasteiger partial charge in [0, 0.05) is 0 Å². The fourth-order valence-corrected chi connectivity index (χ4v) is 2.14. The van der Waals surface area contributed by atoms with Gasteiger partial charge in [-0.15, -0.1) is 0 Å². The maximum Gasteiger partial charge on any atom is 0.265 e. The van der Waals surface area contributed by atoms with E-state index >= 15 is 0 Å². The highest BCUT2D eigenvalue weighted by molar-refractivity contribution is 6.03. The van der Waals surface area contributed by atoms with Gasteiger partial charge in [0.05, 0.1) is 11.3 Å². The van der Waals surface area contributed by atoms with Crippen molar-refractivity contribution in [1.82, 2.24) is 0 Å². The number of para-hydroxylation sites is 1. The van der Waals surface area contributed by atoms with E-state index in [0.29, 0.717) is 11.4 Å². The predicted molar refractivity (Wildman–Crippen MR) is 89.6 cm³/mol. The number of carbonyl (C=O) groups excluding carboxylic acids is 2. The van der Waals surface area contributed by atoms with Gasteiger partial charge in [-0.2, -0.15) is 0 Å². The first-order valence-corrected chi connectivity index (χ1v) is 7.32. The molecule has 3 N–H and O–H groups in total. The standard InChI is InChI=1S/C18H20N2O3/c1-11-7-6-10-16(12(11)2)23-13(3)18(22)20-15-9-5-4-8-14(15)17(19)21/h4-10,13H,1-3H3,(H2,19,21)(H,20,22)/t13-/m1/s1. The van der Waals surface area contributed by atoms with Gasteiger partial charge in [0.2, 0.25) is 0 Å². The zero-order valence-corrected chi connectivity index (χ0v) is 13.4. The molecule has 5 nitrogen and oxygen atoms in total. The maximum atomic E-state index is 12.3. The number of ether oxygens (including phenoxy) is 1. The molecule has 1 atom stereocenters. The zero-order chi connectivity index (χ0) is 17.0. The maximum absolute atomic E-state index is 12.3. The second-order valence-corrected chi connectivity index (χ2v) is 5.36. The molecule has 0 aliphatic carbocycles. The average molecular weight is 312 g/mol. The number of primary amides is 1. The third kappa shape index (κ3) is 3.88. The fraction of sp³-hybridized carbons (Fsp3) is 0.222. The Morgan fingerprint density at radius 1 is 1.09 bits per heavy atom. The lowest BCUT2D eigenvalue weighted by molar-refractivity contribution is -0.122. The van der Waals surface area contributed by atoms with Gasteiger partial charge in [-0.05, 0) is 50.1 Å². The van der Waals surface area contributed by atoms with Crippen molar-refractivity contribution in [2.45, 2.75) is 26.9 Å². The van der Waals surface area contributed by atoms with E-state index in [-0.39, 0.29) is 11.5 Å². The third-order valence-corrected chi connectivity index (χ3v) is 3.68. The molecule has 0 unspecified atom stereocenters. The van der Waals surface area contributed by atoms with Crippen LogP contribution in [0.4, 0.5) is 5.69 Å². The minimum Gasteiger partial charge on any atom is -0.481 e. The molecule has 2 amide bonds. The first kappa shape index (κ1) is 16.5. The van der Waals surface area contributed by atoms with Gasteiger partial charge in [0.25, 0.3) is 11.8 Å². The number of amides is 2. The van der Waals surface area contributed by atoms with E-state index in [9.17, 15) is 9.59 Å². The van der Waals surface area contributed by atoms with Gasteiger partial charge >= 0.3 is 0 Å². The van der Waals surface area contributed by atoms with Crippen LogP contribution in [0.2, 0.25) is 0 Å². The number of hydrogen-bond donors (Lipinski definition) is 2. The summed E-state index contributed by atoms with van der Waals surface area (Å²) >= 11 is 0. The van der Waals surface area contributed by atoms with E-state index < -0.39 is 12.0 Å². The summed E-state index contributed by atoms with van der Waals surface area (Å²) < 4.78 is 5.73. The summed E-state index contributed by atoms with van der Waals surface area (Å²) in [6, 6.07) is 12.3. The van der Waals surface area contributed by atoms with Crippen LogP contribution in [0.5, 0.6) is 5.75 Å². The van der Waals surface area contributed by atoms with Crippen molar-refractivity contribution in [3.63, 3.8) is 0 Å². The molecular formula is C18H20N2O3. The lowest BCUT2D eigenvalue weighted by atomic mass is 10.1. The minimum absolute atomic E-state index is 0.264. The normalized spacial score (nSPS) is 11.6. The third-order valence-electron chi connectivity index (χ3n) is 3.68. The summed E-state index contributed by atoms with van der Waals surface area (Å²) in [5, 5.41) is 2.68. The highest BCUT2D eigenvalue weighted by Gasteiger charge is 2.18. The van der Waals surface area contributed by atoms with Gasteiger partial charge < -0.3 is 15.8 Å².